The van der Waals surface area contributed by atoms with Crippen molar-refractivity contribution in [2.45, 2.75) is 32.2 Å². The number of carbonyl (C=O) groups is 2. The van der Waals surface area contributed by atoms with Gasteiger partial charge in [0.1, 0.15) is 11.3 Å². The van der Waals surface area contributed by atoms with Crippen LogP contribution in [0.5, 0.6) is 5.75 Å². The molecule has 7 nitrogen and oxygen atoms in total. The van der Waals surface area contributed by atoms with E-state index in [4.69, 9.17) is 4.74 Å². The molecular weight excluding hydrogens is 328 g/mol. The van der Waals surface area contributed by atoms with E-state index >= 15 is 0 Å². The van der Waals surface area contributed by atoms with Gasteiger partial charge >= 0.3 is 0 Å². The Balaban J connectivity index is 1.41. The quantitative estimate of drug-likeness (QED) is 0.833. The second-order valence-corrected chi connectivity index (χ2v) is 6.30. The smallest absolute Gasteiger partial charge is 0.226 e. The van der Waals surface area contributed by atoms with Gasteiger partial charge in [-0.3, -0.25) is 9.59 Å². The zero-order valence-electron chi connectivity index (χ0n) is 13.1. The van der Waals surface area contributed by atoms with Crippen LogP contribution in [0.15, 0.2) is 23.7 Å². The summed E-state index contributed by atoms with van der Waals surface area (Å²) in [4.78, 5) is 23.6. The number of aryl methyl sites for hydroxylation is 1. The zero-order valence-corrected chi connectivity index (χ0v) is 13.9. The molecule has 2 amide bonds. The Morgan fingerprint density at radius 2 is 2.12 bits per heavy atom. The summed E-state index contributed by atoms with van der Waals surface area (Å²) in [6.45, 7) is 1.21. The minimum Gasteiger partial charge on any atom is -0.493 e. The molecule has 0 atom stereocenters. The van der Waals surface area contributed by atoms with Crippen molar-refractivity contribution in [1.82, 2.24) is 15.5 Å². The fourth-order valence-corrected chi connectivity index (χ4v) is 2.91. The molecule has 0 saturated heterocycles. The number of hydrogen-bond donors (Lipinski definition) is 2. The number of ether oxygens (including phenoxy) is 1. The van der Waals surface area contributed by atoms with Gasteiger partial charge in [-0.2, -0.15) is 0 Å². The largest absolute Gasteiger partial charge is 0.493 e. The molecule has 0 radical (unpaired) electrons. The molecule has 0 bridgehead atoms. The molecular formula is C16H18N4O3S. The van der Waals surface area contributed by atoms with Gasteiger partial charge in [-0.1, -0.05) is 23.5 Å². The number of anilines is 1. The lowest BCUT2D eigenvalue weighted by Crippen LogP contribution is -2.24. The van der Waals surface area contributed by atoms with Crippen LogP contribution in [-0.4, -0.2) is 28.6 Å². The Kier molecular flexibility index (Phi) is 5.37. The van der Waals surface area contributed by atoms with Crippen molar-refractivity contribution in [3.8, 4) is 5.75 Å². The molecule has 1 aliphatic rings. The third-order valence-electron chi connectivity index (χ3n) is 3.65. The van der Waals surface area contributed by atoms with E-state index in [1.165, 1.54) is 22.4 Å². The molecule has 1 aliphatic heterocycles. The van der Waals surface area contributed by atoms with Crippen molar-refractivity contribution in [2.75, 3.05) is 11.9 Å². The van der Waals surface area contributed by atoms with Crippen LogP contribution in [0.3, 0.4) is 0 Å². The summed E-state index contributed by atoms with van der Waals surface area (Å²) in [6.07, 6.45) is 2.28. The number of hydrogen-bond acceptors (Lipinski definition) is 6. The minimum absolute atomic E-state index is 0.115. The van der Waals surface area contributed by atoms with Gasteiger partial charge in [0.2, 0.25) is 16.9 Å². The summed E-state index contributed by atoms with van der Waals surface area (Å²) in [5.74, 6) is 0.536. The molecule has 0 unspecified atom stereocenters. The van der Waals surface area contributed by atoms with E-state index in [1.54, 1.807) is 0 Å². The van der Waals surface area contributed by atoms with Crippen molar-refractivity contribution in [3.63, 3.8) is 0 Å². The number of carbonyl (C=O) groups excluding carboxylic acids is 2. The number of aromatic nitrogens is 2. The van der Waals surface area contributed by atoms with E-state index in [2.05, 4.69) is 26.9 Å². The summed E-state index contributed by atoms with van der Waals surface area (Å²) in [5, 5.41) is 13.2. The number of nitrogens with one attached hydrogen (secondary N) is 2. The molecule has 0 spiro atoms. The molecule has 0 saturated carbocycles. The van der Waals surface area contributed by atoms with Gasteiger partial charge in [0.25, 0.3) is 0 Å². The van der Waals surface area contributed by atoms with Gasteiger partial charge in [-0.05, 0) is 30.0 Å². The van der Waals surface area contributed by atoms with E-state index in [1.807, 2.05) is 12.1 Å². The third kappa shape index (κ3) is 4.51. The van der Waals surface area contributed by atoms with Gasteiger partial charge in [0, 0.05) is 19.4 Å². The number of benzene rings is 1. The summed E-state index contributed by atoms with van der Waals surface area (Å²) < 4.78 is 5.57. The van der Waals surface area contributed by atoms with Crippen LogP contribution in [0.2, 0.25) is 0 Å². The maximum absolute atomic E-state index is 11.9. The predicted octanol–water partition coefficient (Wildman–Crippen LogP) is 1.90. The van der Waals surface area contributed by atoms with Gasteiger partial charge < -0.3 is 15.4 Å². The second kappa shape index (κ2) is 7.87. The lowest BCUT2D eigenvalue weighted by molar-refractivity contribution is -0.124. The van der Waals surface area contributed by atoms with Gasteiger partial charge in [-0.25, -0.2) is 0 Å². The molecule has 126 valence electrons. The van der Waals surface area contributed by atoms with Crippen LogP contribution >= 0.6 is 11.3 Å². The van der Waals surface area contributed by atoms with Gasteiger partial charge in [0.05, 0.1) is 6.61 Å². The maximum atomic E-state index is 11.9. The summed E-state index contributed by atoms with van der Waals surface area (Å²) in [6, 6.07) is 5.97. The average Bonchev–Trinajstić information content (AvgIpc) is 3.11. The van der Waals surface area contributed by atoms with Crippen molar-refractivity contribution < 1.29 is 14.3 Å². The second-order valence-electron chi connectivity index (χ2n) is 5.46. The Bertz CT molecular complexity index is 718. The van der Waals surface area contributed by atoms with Crippen LogP contribution < -0.4 is 15.4 Å². The summed E-state index contributed by atoms with van der Waals surface area (Å²) in [7, 11) is 0. The molecule has 3 rings (SSSR count). The molecule has 1 aromatic heterocycles. The van der Waals surface area contributed by atoms with Crippen molar-refractivity contribution in [2.24, 2.45) is 0 Å². The van der Waals surface area contributed by atoms with Crippen LogP contribution in [0.1, 0.15) is 30.4 Å². The van der Waals surface area contributed by atoms with Crippen LogP contribution in [0.25, 0.3) is 0 Å². The van der Waals surface area contributed by atoms with E-state index in [0.717, 1.165) is 30.8 Å². The monoisotopic (exact) mass is 346 g/mol. The maximum Gasteiger partial charge on any atom is 0.226 e. The van der Waals surface area contributed by atoms with E-state index in [-0.39, 0.29) is 24.7 Å². The molecule has 2 aromatic rings. The molecule has 2 heterocycles. The first-order chi connectivity index (χ1) is 11.7. The zero-order chi connectivity index (χ0) is 16.8. The van der Waals surface area contributed by atoms with E-state index in [0.29, 0.717) is 11.7 Å². The highest BCUT2D eigenvalue weighted by Gasteiger charge is 2.12. The molecule has 1 aromatic carbocycles. The first-order valence-electron chi connectivity index (χ1n) is 7.78. The van der Waals surface area contributed by atoms with Crippen molar-refractivity contribution in [3.05, 3.63) is 34.8 Å². The Labute approximate surface area is 143 Å². The Morgan fingerprint density at radius 1 is 1.25 bits per heavy atom. The number of fused-ring (bicyclic) bond motifs is 1. The van der Waals surface area contributed by atoms with Crippen LogP contribution in [0, 0.1) is 0 Å². The van der Waals surface area contributed by atoms with E-state index < -0.39 is 0 Å². The molecule has 0 aliphatic carbocycles. The lowest BCUT2D eigenvalue weighted by Gasteiger charge is -2.18. The van der Waals surface area contributed by atoms with Crippen molar-refractivity contribution in [1.29, 1.82) is 0 Å². The molecule has 2 N–H and O–H groups in total. The fourth-order valence-electron chi connectivity index (χ4n) is 2.45. The van der Waals surface area contributed by atoms with E-state index in [9.17, 15) is 9.59 Å². The number of amides is 2. The van der Waals surface area contributed by atoms with Gasteiger partial charge in [0.15, 0.2) is 0 Å². The summed E-state index contributed by atoms with van der Waals surface area (Å²) >= 11 is 1.24. The predicted molar refractivity (Wildman–Crippen MR) is 89.9 cm³/mol. The molecule has 24 heavy (non-hydrogen) atoms. The highest BCUT2D eigenvalue weighted by Crippen LogP contribution is 2.25. The number of rotatable bonds is 6. The fraction of sp³-hybridized carbons (Fsp3) is 0.375. The number of nitrogens with zero attached hydrogens (tertiary/aromatic N) is 2. The SMILES string of the molecule is O=C(CCC(=O)Nc1nncs1)NCc1ccc2c(c1)CCCO2. The lowest BCUT2D eigenvalue weighted by atomic mass is 10.0. The average molecular weight is 346 g/mol. The highest BCUT2D eigenvalue weighted by molar-refractivity contribution is 7.13. The molecule has 0 fully saturated rings. The first kappa shape index (κ1) is 16.4. The normalized spacial score (nSPS) is 12.8. The van der Waals surface area contributed by atoms with Crippen LogP contribution in [-0.2, 0) is 22.6 Å². The Morgan fingerprint density at radius 3 is 2.96 bits per heavy atom. The highest BCUT2D eigenvalue weighted by atomic mass is 32.1. The minimum atomic E-state index is -0.243. The standard InChI is InChI=1S/C16H18N4O3S/c21-14(5-6-15(22)19-16-20-18-10-24-16)17-9-11-3-4-13-12(8-11)2-1-7-23-13/h3-4,8,10H,1-2,5-7,9H2,(H,17,21)(H,19,20,22). The van der Waals surface area contributed by atoms with Crippen LogP contribution in [0.4, 0.5) is 5.13 Å². The Hall–Kier alpha value is -2.48. The topological polar surface area (TPSA) is 93.2 Å². The third-order valence-corrected chi connectivity index (χ3v) is 4.25. The molecule has 8 heteroatoms. The first-order valence-corrected chi connectivity index (χ1v) is 8.66. The van der Waals surface area contributed by atoms with Crippen molar-refractivity contribution >= 4 is 28.3 Å². The van der Waals surface area contributed by atoms with Gasteiger partial charge in [-0.15, -0.1) is 10.2 Å². The summed E-state index contributed by atoms with van der Waals surface area (Å²) in [5.41, 5.74) is 3.75.